The molecule has 1 aliphatic heterocycles. The van der Waals surface area contributed by atoms with Crippen molar-refractivity contribution in [1.29, 1.82) is 0 Å². The molecule has 1 atom stereocenters. The quantitative estimate of drug-likeness (QED) is 0.901. The third kappa shape index (κ3) is 3.78. The summed E-state index contributed by atoms with van der Waals surface area (Å²) in [7, 11) is 0. The average Bonchev–Trinajstić information content (AvgIpc) is 2.34. The van der Waals surface area contributed by atoms with E-state index in [1.54, 1.807) is 6.20 Å². The molecule has 0 bridgehead atoms. The first kappa shape index (κ1) is 13.5. The second kappa shape index (κ2) is 6.29. The fourth-order valence-corrected chi connectivity index (χ4v) is 2.66. The second-order valence-corrected chi connectivity index (χ2v) is 5.70. The number of halogens is 1. The Kier molecular flexibility index (Phi) is 4.72. The number of anilines is 1. The van der Waals surface area contributed by atoms with Gasteiger partial charge in [0.2, 0.25) is 5.91 Å². The van der Waals surface area contributed by atoms with E-state index in [4.69, 9.17) is 0 Å². The summed E-state index contributed by atoms with van der Waals surface area (Å²) in [6.45, 7) is 3.96. The Labute approximate surface area is 116 Å². The molecule has 2 N–H and O–H groups in total. The van der Waals surface area contributed by atoms with Gasteiger partial charge in [0.1, 0.15) is 5.82 Å². The SMILES string of the molecule is Cc1cc(Br)cnc1NC(=O)CC1CCCNC1. The van der Waals surface area contributed by atoms with Crippen molar-refractivity contribution in [2.45, 2.75) is 26.2 Å². The Morgan fingerprint density at radius 3 is 3.17 bits per heavy atom. The van der Waals surface area contributed by atoms with Crippen LogP contribution in [0.25, 0.3) is 0 Å². The van der Waals surface area contributed by atoms with Gasteiger partial charge < -0.3 is 10.6 Å². The minimum atomic E-state index is 0.0571. The molecule has 0 saturated carbocycles. The number of nitrogens with zero attached hydrogens (tertiary/aromatic N) is 1. The lowest BCUT2D eigenvalue weighted by Gasteiger charge is -2.22. The van der Waals surface area contributed by atoms with Crippen LogP contribution in [0, 0.1) is 12.8 Å². The van der Waals surface area contributed by atoms with E-state index in [1.807, 2.05) is 13.0 Å². The number of rotatable bonds is 3. The number of aromatic nitrogens is 1. The van der Waals surface area contributed by atoms with Gasteiger partial charge in [-0.25, -0.2) is 4.98 Å². The molecule has 1 aliphatic rings. The van der Waals surface area contributed by atoms with Crippen LogP contribution in [0.3, 0.4) is 0 Å². The Balaban J connectivity index is 1.90. The molecule has 1 saturated heterocycles. The van der Waals surface area contributed by atoms with Crippen molar-refractivity contribution >= 4 is 27.7 Å². The van der Waals surface area contributed by atoms with Gasteiger partial charge in [-0.1, -0.05) is 0 Å². The van der Waals surface area contributed by atoms with Gasteiger partial charge in [0.05, 0.1) is 0 Å². The molecular formula is C13H18BrN3O. The Bertz CT molecular complexity index is 430. The van der Waals surface area contributed by atoms with E-state index in [2.05, 4.69) is 31.5 Å². The van der Waals surface area contributed by atoms with Crippen LogP contribution in [0.15, 0.2) is 16.7 Å². The van der Waals surface area contributed by atoms with Crippen molar-refractivity contribution < 1.29 is 4.79 Å². The van der Waals surface area contributed by atoms with E-state index < -0.39 is 0 Å². The molecule has 1 amide bonds. The maximum atomic E-state index is 11.9. The molecular weight excluding hydrogens is 294 g/mol. The van der Waals surface area contributed by atoms with Gasteiger partial charge in [-0.2, -0.15) is 0 Å². The molecule has 1 fully saturated rings. The zero-order chi connectivity index (χ0) is 13.0. The maximum absolute atomic E-state index is 11.9. The summed E-state index contributed by atoms with van der Waals surface area (Å²) in [5, 5.41) is 6.21. The maximum Gasteiger partial charge on any atom is 0.225 e. The molecule has 5 heteroatoms. The summed E-state index contributed by atoms with van der Waals surface area (Å²) < 4.78 is 0.925. The van der Waals surface area contributed by atoms with E-state index in [0.717, 1.165) is 36.0 Å². The third-order valence-corrected chi connectivity index (χ3v) is 3.61. The van der Waals surface area contributed by atoms with Crippen molar-refractivity contribution in [2.24, 2.45) is 5.92 Å². The molecule has 1 aromatic heterocycles. The topological polar surface area (TPSA) is 54.0 Å². The van der Waals surface area contributed by atoms with Gasteiger partial charge in [0.15, 0.2) is 0 Å². The van der Waals surface area contributed by atoms with Crippen molar-refractivity contribution in [2.75, 3.05) is 18.4 Å². The van der Waals surface area contributed by atoms with Crippen LogP contribution in [0.2, 0.25) is 0 Å². The average molecular weight is 312 g/mol. The fraction of sp³-hybridized carbons (Fsp3) is 0.538. The van der Waals surface area contributed by atoms with Crippen LogP contribution in [0.4, 0.5) is 5.82 Å². The lowest BCUT2D eigenvalue weighted by molar-refractivity contribution is -0.117. The second-order valence-electron chi connectivity index (χ2n) is 4.78. The van der Waals surface area contributed by atoms with Gasteiger partial charge in [-0.3, -0.25) is 4.79 Å². The number of amides is 1. The smallest absolute Gasteiger partial charge is 0.225 e. The highest BCUT2D eigenvalue weighted by molar-refractivity contribution is 9.10. The first-order chi connectivity index (χ1) is 8.65. The van der Waals surface area contributed by atoms with Crippen LogP contribution in [0.1, 0.15) is 24.8 Å². The number of aryl methyl sites for hydroxylation is 1. The zero-order valence-corrected chi connectivity index (χ0v) is 12.1. The lowest BCUT2D eigenvalue weighted by atomic mass is 9.96. The summed E-state index contributed by atoms with van der Waals surface area (Å²) >= 11 is 3.36. The number of carbonyl (C=O) groups excluding carboxylic acids is 1. The summed E-state index contributed by atoms with van der Waals surface area (Å²) in [5.74, 6) is 1.17. The molecule has 0 radical (unpaired) electrons. The number of nitrogens with one attached hydrogen (secondary N) is 2. The molecule has 1 aromatic rings. The highest BCUT2D eigenvalue weighted by Crippen LogP contribution is 2.19. The van der Waals surface area contributed by atoms with Gasteiger partial charge >= 0.3 is 0 Å². The highest BCUT2D eigenvalue weighted by Gasteiger charge is 2.17. The van der Waals surface area contributed by atoms with Crippen LogP contribution >= 0.6 is 15.9 Å². The van der Waals surface area contributed by atoms with E-state index in [1.165, 1.54) is 0 Å². The van der Waals surface area contributed by atoms with Gasteiger partial charge in [0, 0.05) is 17.1 Å². The van der Waals surface area contributed by atoms with E-state index in [0.29, 0.717) is 18.2 Å². The molecule has 0 spiro atoms. The molecule has 2 rings (SSSR count). The molecule has 0 aliphatic carbocycles. The van der Waals surface area contributed by atoms with Crippen molar-refractivity contribution in [1.82, 2.24) is 10.3 Å². The first-order valence-electron chi connectivity index (χ1n) is 6.28. The molecule has 98 valence electrons. The van der Waals surface area contributed by atoms with Crippen LogP contribution in [-0.2, 0) is 4.79 Å². The molecule has 4 nitrogen and oxygen atoms in total. The summed E-state index contributed by atoms with van der Waals surface area (Å²) in [5.41, 5.74) is 0.972. The van der Waals surface area contributed by atoms with E-state index in [-0.39, 0.29) is 5.91 Å². The highest BCUT2D eigenvalue weighted by atomic mass is 79.9. The van der Waals surface area contributed by atoms with Gasteiger partial charge in [-0.05, 0) is 66.3 Å². The summed E-state index contributed by atoms with van der Waals surface area (Å²) in [6, 6.07) is 1.95. The minimum absolute atomic E-state index is 0.0571. The van der Waals surface area contributed by atoms with Crippen LogP contribution in [0.5, 0.6) is 0 Å². The number of pyridine rings is 1. The monoisotopic (exact) mass is 311 g/mol. The van der Waals surface area contributed by atoms with Crippen molar-refractivity contribution in [3.05, 3.63) is 22.3 Å². The van der Waals surface area contributed by atoms with E-state index >= 15 is 0 Å². The predicted molar refractivity (Wildman–Crippen MR) is 75.5 cm³/mol. The van der Waals surface area contributed by atoms with Crippen molar-refractivity contribution in [3.8, 4) is 0 Å². The standard InChI is InChI=1S/C13H18BrN3O/c1-9-5-11(14)8-16-13(9)17-12(18)6-10-3-2-4-15-7-10/h5,8,10,15H,2-4,6-7H2,1H3,(H,16,17,18). The number of carbonyl (C=O) groups is 1. The Hall–Kier alpha value is -0.940. The molecule has 0 aromatic carbocycles. The lowest BCUT2D eigenvalue weighted by Crippen LogP contribution is -2.32. The molecule has 2 heterocycles. The Morgan fingerprint density at radius 2 is 2.50 bits per heavy atom. The number of hydrogen-bond donors (Lipinski definition) is 2. The largest absolute Gasteiger partial charge is 0.316 e. The normalized spacial score (nSPS) is 19.6. The third-order valence-electron chi connectivity index (χ3n) is 3.18. The van der Waals surface area contributed by atoms with Gasteiger partial charge in [0.25, 0.3) is 0 Å². The van der Waals surface area contributed by atoms with Crippen molar-refractivity contribution in [3.63, 3.8) is 0 Å². The fourth-order valence-electron chi connectivity index (χ4n) is 2.21. The zero-order valence-electron chi connectivity index (χ0n) is 10.5. The molecule has 1 unspecified atom stereocenters. The minimum Gasteiger partial charge on any atom is -0.316 e. The van der Waals surface area contributed by atoms with Gasteiger partial charge in [-0.15, -0.1) is 0 Å². The number of piperidine rings is 1. The molecule has 18 heavy (non-hydrogen) atoms. The summed E-state index contributed by atoms with van der Waals surface area (Å²) in [4.78, 5) is 16.1. The Morgan fingerprint density at radius 1 is 1.67 bits per heavy atom. The predicted octanol–water partition coefficient (Wildman–Crippen LogP) is 2.48. The van der Waals surface area contributed by atoms with Crippen LogP contribution < -0.4 is 10.6 Å². The first-order valence-corrected chi connectivity index (χ1v) is 7.07. The number of hydrogen-bond acceptors (Lipinski definition) is 3. The van der Waals surface area contributed by atoms with Crippen LogP contribution in [-0.4, -0.2) is 24.0 Å². The summed E-state index contributed by atoms with van der Waals surface area (Å²) in [6.07, 6.45) is 4.57. The van der Waals surface area contributed by atoms with E-state index in [9.17, 15) is 4.79 Å².